The van der Waals surface area contributed by atoms with Crippen molar-refractivity contribution in [3.63, 3.8) is 0 Å². The average Bonchev–Trinajstić information content (AvgIpc) is 3.15. The predicted molar refractivity (Wildman–Crippen MR) is 95.0 cm³/mol. The van der Waals surface area contributed by atoms with Crippen molar-refractivity contribution in [3.05, 3.63) is 58.3 Å². The maximum atomic E-state index is 13.0. The van der Waals surface area contributed by atoms with Gasteiger partial charge >= 0.3 is 0 Å². The summed E-state index contributed by atoms with van der Waals surface area (Å²) in [6.07, 6.45) is 0. The van der Waals surface area contributed by atoms with Crippen LogP contribution in [0.3, 0.4) is 0 Å². The largest absolute Gasteiger partial charge is 0.338 e. The van der Waals surface area contributed by atoms with E-state index < -0.39 is 6.04 Å². The summed E-state index contributed by atoms with van der Waals surface area (Å²) in [5.41, 5.74) is 0.811. The van der Waals surface area contributed by atoms with Crippen LogP contribution in [0, 0.1) is 0 Å². The van der Waals surface area contributed by atoms with Gasteiger partial charge in [-0.15, -0.1) is 11.3 Å². The van der Waals surface area contributed by atoms with E-state index in [1.54, 1.807) is 6.07 Å². The molecule has 2 aromatic rings. The van der Waals surface area contributed by atoms with E-state index in [2.05, 4.69) is 17.3 Å². The Morgan fingerprint density at radius 2 is 1.75 bits per heavy atom. The van der Waals surface area contributed by atoms with Crippen molar-refractivity contribution in [1.82, 2.24) is 15.1 Å². The molecule has 24 heavy (non-hydrogen) atoms. The highest BCUT2D eigenvalue weighted by Crippen LogP contribution is 2.19. The topological polar surface area (TPSA) is 52.6 Å². The fourth-order valence-corrected chi connectivity index (χ4v) is 3.38. The molecule has 1 atom stereocenters. The summed E-state index contributed by atoms with van der Waals surface area (Å²) in [5.74, 6) is -0.250. The van der Waals surface area contributed by atoms with Crippen LogP contribution in [0.5, 0.6) is 0 Å². The molecule has 0 bridgehead atoms. The molecule has 1 fully saturated rings. The summed E-state index contributed by atoms with van der Waals surface area (Å²) in [6, 6.07) is 12.4. The number of piperazine rings is 1. The molecule has 1 aromatic heterocycles. The lowest BCUT2D eigenvalue weighted by Gasteiger charge is -2.34. The molecule has 2 amide bonds. The molecule has 0 radical (unpaired) electrons. The van der Waals surface area contributed by atoms with E-state index >= 15 is 0 Å². The van der Waals surface area contributed by atoms with E-state index in [4.69, 9.17) is 0 Å². The molecule has 1 aromatic carbocycles. The van der Waals surface area contributed by atoms with Crippen LogP contribution in [0.25, 0.3) is 0 Å². The second kappa shape index (κ2) is 7.59. The van der Waals surface area contributed by atoms with Crippen molar-refractivity contribution in [1.29, 1.82) is 0 Å². The Bertz CT molecular complexity index is 680. The fraction of sp³-hybridized carbons (Fsp3) is 0.333. The smallest absolute Gasteiger partial charge is 0.262 e. The van der Waals surface area contributed by atoms with E-state index in [-0.39, 0.29) is 11.8 Å². The van der Waals surface area contributed by atoms with Gasteiger partial charge in [-0.05, 0) is 24.1 Å². The molecule has 126 valence electrons. The lowest BCUT2D eigenvalue weighted by molar-refractivity contribution is -0.135. The molecular formula is C18H21N3O2S. The third-order valence-electron chi connectivity index (χ3n) is 4.22. The number of amides is 2. The minimum atomic E-state index is -0.649. The Kier molecular flexibility index (Phi) is 5.27. The zero-order valence-electron chi connectivity index (χ0n) is 13.6. The van der Waals surface area contributed by atoms with Crippen LogP contribution in [0.4, 0.5) is 0 Å². The van der Waals surface area contributed by atoms with Gasteiger partial charge in [-0.25, -0.2) is 0 Å². The van der Waals surface area contributed by atoms with Gasteiger partial charge in [0.1, 0.15) is 6.04 Å². The third kappa shape index (κ3) is 3.83. The molecule has 1 N–H and O–H groups in total. The molecule has 0 saturated carbocycles. The number of carbonyl (C=O) groups is 2. The van der Waals surface area contributed by atoms with Crippen molar-refractivity contribution in [2.75, 3.05) is 33.2 Å². The highest BCUT2D eigenvalue weighted by atomic mass is 32.1. The van der Waals surface area contributed by atoms with Gasteiger partial charge in [0.05, 0.1) is 4.88 Å². The number of benzene rings is 1. The molecule has 1 aliphatic rings. The van der Waals surface area contributed by atoms with Crippen molar-refractivity contribution < 1.29 is 9.59 Å². The van der Waals surface area contributed by atoms with Crippen LogP contribution in [0.1, 0.15) is 21.3 Å². The molecule has 1 aliphatic heterocycles. The van der Waals surface area contributed by atoms with Gasteiger partial charge in [0.25, 0.3) is 5.91 Å². The predicted octanol–water partition coefficient (Wildman–Crippen LogP) is 1.99. The first-order chi connectivity index (χ1) is 11.6. The standard InChI is InChI=1S/C18H21N3O2S/c1-20-9-11-21(12-10-20)18(23)16(14-6-3-2-4-7-14)19-17(22)15-8-5-13-24-15/h2-8,13,16H,9-12H2,1H3,(H,19,22)/t16-/m0/s1. The average molecular weight is 343 g/mol. The maximum absolute atomic E-state index is 13.0. The van der Waals surface area contributed by atoms with Crippen molar-refractivity contribution in [2.24, 2.45) is 0 Å². The van der Waals surface area contributed by atoms with Crippen LogP contribution in [0.15, 0.2) is 47.8 Å². The second-order valence-corrected chi connectivity index (χ2v) is 6.87. The van der Waals surface area contributed by atoms with Gasteiger partial charge < -0.3 is 15.1 Å². The van der Waals surface area contributed by atoms with Gasteiger partial charge in [0.15, 0.2) is 0 Å². The number of hydrogen-bond acceptors (Lipinski definition) is 4. The number of rotatable bonds is 4. The monoisotopic (exact) mass is 343 g/mol. The normalized spacial score (nSPS) is 16.6. The number of carbonyl (C=O) groups excluding carboxylic acids is 2. The molecule has 6 heteroatoms. The molecule has 1 saturated heterocycles. The lowest BCUT2D eigenvalue weighted by Crippen LogP contribution is -2.51. The van der Waals surface area contributed by atoms with Gasteiger partial charge in [-0.2, -0.15) is 0 Å². The van der Waals surface area contributed by atoms with Crippen molar-refractivity contribution >= 4 is 23.2 Å². The Labute approximate surface area is 145 Å². The Hall–Kier alpha value is -2.18. The second-order valence-electron chi connectivity index (χ2n) is 5.92. The lowest BCUT2D eigenvalue weighted by atomic mass is 10.0. The third-order valence-corrected chi connectivity index (χ3v) is 5.08. The summed E-state index contributed by atoms with van der Waals surface area (Å²) < 4.78 is 0. The van der Waals surface area contributed by atoms with Crippen molar-refractivity contribution in [3.8, 4) is 0 Å². The quantitative estimate of drug-likeness (QED) is 0.924. The zero-order chi connectivity index (χ0) is 16.9. The first-order valence-corrected chi connectivity index (χ1v) is 8.90. The number of nitrogens with zero attached hydrogens (tertiary/aromatic N) is 2. The van der Waals surface area contributed by atoms with Crippen LogP contribution in [0.2, 0.25) is 0 Å². The summed E-state index contributed by atoms with van der Waals surface area (Å²) in [5, 5.41) is 4.77. The van der Waals surface area contributed by atoms with Gasteiger partial charge in [0.2, 0.25) is 5.91 Å². The zero-order valence-corrected chi connectivity index (χ0v) is 14.5. The highest BCUT2D eigenvalue weighted by molar-refractivity contribution is 7.12. The number of hydrogen-bond donors (Lipinski definition) is 1. The Morgan fingerprint density at radius 3 is 2.38 bits per heavy atom. The first kappa shape index (κ1) is 16.7. The maximum Gasteiger partial charge on any atom is 0.262 e. The van der Waals surface area contributed by atoms with E-state index in [1.165, 1.54) is 11.3 Å². The van der Waals surface area contributed by atoms with Crippen LogP contribution in [-0.2, 0) is 4.79 Å². The summed E-state index contributed by atoms with van der Waals surface area (Å²) in [6.45, 7) is 3.08. The number of likely N-dealkylation sites (N-methyl/N-ethyl adjacent to an activating group) is 1. The Balaban J connectivity index is 1.79. The van der Waals surface area contributed by atoms with E-state index in [0.717, 1.165) is 18.7 Å². The molecule has 3 rings (SSSR count). The van der Waals surface area contributed by atoms with Crippen LogP contribution < -0.4 is 5.32 Å². The minimum absolute atomic E-state index is 0.0424. The molecule has 0 aliphatic carbocycles. The number of thiophene rings is 1. The van der Waals surface area contributed by atoms with E-state index in [1.807, 2.05) is 46.7 Å². The SMILES string of the molecule is CN1CCN(C(=O)[C@@H](NC(=O)c2cccs2)c2ccccc2)CC1. The van der Waals surface area contributed by atoms with Gasteiger partial charge in [0, 0.05) is 26.2 Å². The molecular weight excluding hydrogens is 322 g/mol. The summed E-state index contributed by atoms with van der Waals surface area (Å²) >= 11 is 1.37. The Morgan fingerprint density at radius 1 is 1.04 bits per heavy atom. The van der Waals surface area contributed by atoms with Gasteiger partial charge in [-0.1, -0.05) is 36.4 Å². The molecule has 2 heterocycles. The van der Waals surface area contributed by atoms with E-state index in [9.17, 15) is 9.59 Å². The van der Waals surface area contributed by atoms with Crippen LogP contribution in [-0.4, -0.2) is 54.8 Å². The van der Waals surface area contributed by atoms with Gasteiger partial charge in [-0.3, -0.25) is 9.59 Å². The highest BCUT2D eigenvalue weighted by Gasteiger charge is 2.29. The molecule has 0 spiro atoms. The van der Waals surface area contributed by atoms with E-state index in [0.29, 0.717) is 18.0 Å². The van der Waals surface area contributed by atoms with Crippen LogP contribution >= 0.6 is 11.3 Å². The molecule has 0 unspecified atom stereocenters. The fourth-order valence-electron chi connectivity index (χ4n) is 2.75. The summed E-state index contributed by atoms with van der Waals surface area (Å²) in [4.78, 5) is 30.1. The number of nitrogens with one attached hydrogen (secondary N) is 1. The minimum Gasteiger partial charge on any atom is -0.338 e. The summed E-state index contributed by atoms with van der Waals surface area (Å²) in [7, 11) is 2.05. The van der Waals surface area contributed by atoms with Crippen molar-refractivity contribution in [2.45, 2.75) is 6.04 Å². The first-order valence-electron chi connectivity index (χ1n) is 8.02. The molecule has 5 nitrogen and oxygen atoms in total.